The zero-order chi connectivity index (χ0) is 32.8. The van der Waals surface area contributed by atoms with Gasteiger partial charge in [0.15, 0.2) is 11.6 Å². The number of hydrogen-bond donors (Lipinski definition) is 1. The predicted octanol–water partition coefficient (Wildman–Crippen LogP) is 5.59. The Morgan fingerprint density at radius 3 is 2.53 bits per heavy atom. The summed E-state index contributed by atoms with van der Waals surface area (Å²) >= 11 is 0. The van der Waals surface area contributed by atoms with Crippen molar-refractivity contribution in [3.63, 3.8) is 0 Å². The number of carboxylic acid groups (broad SMARTS) is 1. The number of carbonyl (C=O) groups excluding carboxylic acids is 2. The third-order valence-corrected chi connectivity index (χ3v) is 8.66. The number of para-hydroxylation sites is 1. The Balaban J connectivity index is 1.52. The van der Waals surface area contributed by atoms with Crippen molar-refractivity contribution >= 4 is 17.8 Å². The number of nitriles is 1. The number of likely N-dealkylation sites (tertiary alicyclic amines) is 2. The molecule has 0 saturated carbocycles. The van der Waals surface area contributed by atoms with Crippen molar-refractivity contribution < 1.29 is 41.8 Å². The Hall–Kier alpha value is -4.21. The molecular weight excluding hydrogens is 596 g/mol. The van der Waals surface area contributed by atoms with E-state index in [0.29, 0.717) is 31.2 Å². The molecule has 13 heteroatoms. The van der Waals surface area contributed by atoms with E-state index in [2.05, 4.69) is 11.1 Å². The van der Waals surface area contributed by atoms with Crippen LogP contribution in [-0.2, 0) is 21.2 Å². The SMILES string of the molecule is CCCC1C(C(=O)N2CCC(C#N)(c3cccc(F)c3OCCCC(=O)O)CC2)CCCN1C(=O)c1ncccc1C(F)(F)F. The molecule has 2 atom stereocenters. The fourth-order valence-corrected chi connectivity index (χ4v) is 6.41. The van der Waals surface area contributed by atoms with Gasteiger partial charge in [0, 0.05) is 43.9 Å². The van der Waals surface area contributed by atoms with Crippen LogP contribution in [0.25, 0.3) is 0 Å². The first-order valence-corrected chi connectivity index (χ1v) is 15.1. The molecule has 2 saturated heterocycles. The number of aliphatic carboxylic acids is 1. The number of carbonyl (C=O) groups is 3. The predicted molar refractivity (Wildman–Crippen MR) is 154 cm³/mol. The van der Waals surface area contributed by atoms with Crippen LogP contribution in [0.4, 0.5) is 17.6 Å². The van der Waals surface area contributed by atoms with Crippen LogP contribution in [0, 0.1) is 23.1 Å². The number of aromatic nitrogens is 1. The Kier molecular flexibility index (Phi) is 10.7. The van der Waals surface area contributed by atoms with Crippen LogP contribution >= 0.6 is 0 Å². The summed E-state index contributed by atoms with van der Waals surface area (Å²) in [7, 11) is 0. The highest BCUT2D eigenvalue weighted by Crippen LogP contribution is 2.42. The van der Waals surface area contributed by atoms with Gasteiger partial charge in [-0.15, -0.1) is 0 Å². The summed E-state index contributed by atoms with van der Waals surface area (Å²) in [6, 6.07) is 7.91. The number of piperidine rings is 2. The second-order valence-corrected chi connectivity index (χ2v) is 11.5. The van der Waals surface area contributed by atoms with Gasteiger partial charge < -0.3 is 19.6 Å². The number of rotatable bonds is 10. The first-order valence-electron chi connectivity index (χ1n) is 15.1. The average molecular weight is 633 g/mol. The van der Waals surface area contributed by atoms with Crippen molar-refractivity contribution in [2.24, 2.45) is 5.92 Å². The molecule has 45 heavy (non-hydrogen) atoms. The molecule has 9 nitrogen and oxygen atoms in total. The largest absolute Gasteiger partial charge is 0.490 e. The maximum atomic E-state index is 14.9. The van der Waals surface area contributed by atoms with E-state index in [9.17, 15) is 37.2 Å². The standard InChI is InChI=1S/C32H36F4N4O5/c1-2-7-25-21(8-5-16-40(25)30(44)27-22(32(34,35)36)10-4-15-38-27)29(43)39-17-13-31(20-37,14-18-39)23-9-3-11-24(33)28(23)45-19-6-12-26(41)42/h3-4,9-11,15,21,25H,2,5-8,12-14,16-19H2,1H3,(H,41,42). The third-order valence-electron chi connectivity index (χ3n) is 8.66. The number of amides is 2. The van der Waals surface area contributed by atoms with Gasteiger partial charge in [-0.25, -0.2) is 4.39 Å². The number of halogens is 4. The fourth-order valence-electron chi connectivity index (χ4n) is 6.41. The number of ether oxygens (including phenoxy) is 1. The molecule has 0 bridgehead atoms. The summed E-state index contributed by atoms with van der Waals surface area (Å²) < 4.78 is 61.6. The monoisotopic (exact) mass is 632 g/mol. The van der Waals surface area contributed by atoms with Gasteiger partial charge in [0.25, 0.3) is 5.91 Å². The summed E-state index contributed by atoms with van der Waals surface area (Å²) in [6.45, 7) is 2.37. The number of benzene rings is 1. The highest BCUT2D eigenvalue weighted by Gasteiger charge is 2.45. The minimum Gasteiger partial charge on any atom is -0.490 e. The van der Waals surface area contributed by atoms with Gasteiger partial charge in [0.2, 0.25) is 5.91 Å². The molecule has 2 amide bonds. The van der Waals surface area contributed by atoms with Gasteiger partial charge >= 0.3 is 12.1 Å². The minimum absolute atomic E-state index is 0.0506. The van der Waals surface area contributed by atoms with E-state index in [1.807, 2.05) is 6.92 Å². The first-order chi connectivity index (χ1) is 21.4. The maximum absolute atomic E-state index is 14.9. The van der Waals surface area contributed by atoms with Crippen LogP contribution < -0.4 is 4.74 Å². The van der Waals surface area contributed by atoms with E-state index >= 15 is 0 Å². The van der Waals surface area contributed by atoms with E-state index in [4.69, 9.17) is 9.84 Å². The minimum atomic E-state index is -4.77. The number of carboxylic acids is 1. The Morgan fingerprint density at radius 1 is 1.16 bits per heavy atom. The molecule has 2 fully saturated rings. The van der Waals surface area contributed by atoms with Crippen LogP contribution in [0.3, 0.4) is 0 Å². The number of pyridine rings is 1. The molecule has 2 aliphatic rings. The molecule has 0 aliphatic carbocycles. The van der Waals surface area contributed by atoms with Crippen LogP contribution in [0.5, 0.6) is 5.75 Å². The van der Waals surface area contributed by atoms with Crippen LogP contribution in [0.1, 0.15) is 79.9 Å². The topological polar surface area (TPSA) is 124 Å². The third kappa shape index (κ3) is 7.37. The summed E-state index contributed by atoms with van der Waals surface area (Å²) in [4.78, 5) is 45.0. The van der Waals surface area contributed by atoms with Crippen LogP contribution in [-0.4, -0.2) is 70.0 Å². The van der Waals surface area contributed by atoms with E-state index in [1.54, 1.807) is 11.0 Å². The van der Waals surface area contributed by atoms with Crippen molar-refractivity contribution in [3.8, 4) is 11.8 Å². The van der Waals surface area contributed by atoms with E-state index < -0.39 is 52.5 Å². The van der Waals surface area contributed by atoms with Gasteiger partial charge in [-0.1, -0.05) is 25.5 Å². The lowest BCUT2D eigenvalue weighted by Gasteiger charge is -2.44. The van der Waals surface area contributed by atoms with Gasteiger partial charge in [-0.3, -0.25) is 19.4 Å². The second-order valence-electron chi connectivity index (χ2n) is 11.5. The number of nitrogens with zero attached hydrogens (tertiary/aromatic N) is 4. The molecule has 1 aromatic carbocycles. The molecule has 4 rings (SSSR count). The molecule has 3 heterocycles. The molecule has 1 aromatic heterocycles. The van der Waals surface area contributed by atoms with Gasteiger partial charge in [0.05, 0.1) is 29.6 Å². The Morgan fingerprint density at radius 2 is 1.89 bits per heavy atom. The smallest absolute Gasteiger partial charge is 0.418 e. The zero-order valence-corrected chi connectivity index (χ0v) is 25.0. The Bertz CT molecular complexity index is 1440. The van der Waals surface area contributed by atoms with E-state index in [-0.39, 0.29) is 63.6 Å². The second kappa shape index (κ2) is 14.3. The number of alkyl halides is 3. The lowest BCUT2D eigenvalue weighted by Crippen LogP contribution is -2.55. The molecule has 0 radical (unpaired) electrons. The summed E-state index contributed by atoms with van der Waals surface area (Å²) in [5, 5.41) is 19.2. The van der Waals surface area contributed by atoms with Gasteiger partial charge in [0.1, 0.15) is 5.69 Å². The normalized spacial score (nSPS) is 19.9. The van der Waals surface area contributed by atoms with Gasteiger partial charge in [-0.05, 0) is 56.7 Å². The van der Waals surface area contributed by atoms with Crippen molar-refractivity contribution in [3.05, 3.63) is 59.2 Å². The van der Waals surface area contributed by atoms with Crippen molar-refractivity contribution in [1.82, 2.24) is 14.8 Å². The zero-order valence-electron chi connectivity index (χ0n) is 25.0. The lowest BCUT2D eigenvalue weighted by molar-refractivity contribution is -0.141. The molecular formula is C32H36F4N4O5. The average Bonchev–Trinajstić information content (AvgIpc) is 3.02. The van der Waals surface area contributed by atoms with Crippen molar-refractivity contribution in [1.29, 1.82) is 5.26 Å². The van der Waals surface area contributed by atoms with Gasteiger partial charge in [-0.2, -0.15) is 18.4 Å². The summed E-state index contributed by atoms with van der Waals surface area (Å²) in [5.41, 5.74) is -2.63. The molecule has 2 aliphatic heterocycles. The lowest BCUT2D eigenvalue weighted by atomic mass is 9.73. The highest BCUT2D eigenvalue weighted by molar-refractivity contribution is 5.95. The van der Waals surface area contributed by atoms with Crippen molar-refractivity contribution in [2.75, 3.05) is 26.2 Å². The highest BCUT2D eigenvalue weighted by atomic mass is 19.4. The summed E-state index contributed by atoms with van der Waals surface area (Å²) in [5.74, 6) is -3.53. The molecule has 0 spiro atoms. The quantitative estimate of drug-likeness (QED) is 0.268. The Labute approximate surface area is 258 Å². The number of hydrogen-bond acceptors (Lipinski definition) is 6. The molecule has 2 aromatic rings. The fraction of sp³-hybridized carbons (Fsp3) is 0.531. The van der Waals surface area contributed by atoms with Crippen LogP contribution in [0.15, 0.2) is 36.5 Å². The van der Waals surface area contributed by atoms with E-state index in [0.717, 1.165) is 18.3 Å². The maximum Gasteiger partial charge on any atom is 0.418 e. The van der Waals surface area contributed by atoms with E-state index in [1.165, 1.54) is 17.0 Å². The molecule has 1 N–H and O–H groups in total. The van der Waals surface area contributed by atoms with Crippen molar-refractivity contribution in [2.45, 2.75) is 75.9 Å². The first kappa shape index (κ1) is 33.7. The van der Waals surface area contributed by atoms with Crippen LogP contribution in [0.2, 0.25) is 0 Å². The summed E-state index contributed by atoms with van der Waals surface area (Å²) in [6.07, 6.45) is -1.36. The molecule has 242 valence electrons. The molecule has 2 unspecified atom stereocenters.